The van der Waals surface area contributed by atoms with Gasteiger partial charge in [-0.15, -0.1) is 0 Å². The molecule has 1 aromatic heterocycles. The van der Waals surface area contributed by atoms with Crippen LogP contribution < -0.4 is 0 Å². The molecule has 0 amide bonds. The number of rotatable bonds is 9. The first-order chi connectivity index (χ1) is 15.2. The third kappa shape index (κ3) is 6.75. The molecule has 0 radical (unpaired) electrons. The summed E-state index contributed by atoms with van der Waals surface area (Å²) in [5, 5.41) is 0.843. The number of benzene rings is 1. The molecule has 0 aliphatic carbocycles. The van der Waals surface area contributed by atoms with E-state index in [4.69, 9.17) is 4.74 Å². The van der Waals surface area contributed by atoms with Gasteiger partial charge in [0.25, 0.3) is 0 Å². The molecule has 31 heavy (non-hydrogen) atoms. The fourth-order valence-electron chi connectivity index (χ4n) is 4.79. The van der Waals surface area contributed by atoms with Gasteiger partial charge < -0.3 is 4.74 Å². The molecule has 6 heteroatoms. The van der Waals surface area contributed by atoms with E-state index in [9.17, 15) is 0 Å². The van der Waals surface area contributed by atoms with Gasteiger partial charge in [-0.2, -0.15) is 0 Å². The molecule has 4 rings (SSSR count). The van der Waals surface area contributed by atoms with Crippen LogP contribution in [0, 0.1) is 12.8 Å². The van der Waals surface area contributed by atoms with Gasteiger partial charge in [0.2, 0.25) is 0 Å². The van der Waals surface area contributed by atoms with Crippen LogP contribution in [-0.2, 0) is 17.8 Å². The minimum atomic E-state index is 0.382. The van der Waals surface area contributed by atoms with Crippen LogP contribution >= 0.6 is 11.8 Å². The maximum absolute atomic E-state index is 5.96. The number of aromatic nitrogens is 2. The highest BCUT2D eigenvalue weighted by Crippen LogP contribution is 2.23. The van der Waals surface area contributed by atoms with Crippen LogP contribution in [0.1, 0.15) is 42.4 Å². The van der Waals surface area contributed by atoms with E-state index in [-0.39, 0.29) is 0 Å². The number of hydrogen-bond acceptors (Lipinski definition) is 6. The molecule has 2 saturated heterocycles. The highest BCUT2D eigenvalue weighted by atomic mass is 32.2. The first-order valence-electron chi connectivity index (χ1n) is 11.7. The molecular weight excluding hydrogens is 404 g/mol. The SMILES string of the molecule is CSc1ncc(CN(CC2CCN(Cc3ccccc3C)CC2)CC2CCCO2)cn1. The van der Waals surface area contributed by atoms with Gasteiger partial charge in [-0.05, 0) is 69.0 Å². The highest BCUT2D eigenvalue weighted by molar-refractivity contribution is 7.98. The van der Waals surface area contributed by atoms with Crippen LogP contribution in [0.15, 0.2) is 41.8 Å². The molecule has 1 unspecified atom stereocenters. The summed E-state index contributed by atoms with van der Waals surface area (Å²) in [6, 6.07) is 8.79. The summed E-state index contributed by atoms with van der Waals surface area (Å²) in [6.45, 7) is 9.69. The van der Waals surface area contributed by atoms with Crippen molar-refractivity contribution >= 4 is 11.8 Å². The number of ether oxygens (including phenoxy) is 1. The smallest absolute Gasteiger partial charge is 0.187 e. The fourth-order valence-corrected chi connectivity index (χ4v) is 5.11. The van der Waals surface area contributed by atoms with Gasteiger partial charge in [0.05, 0.1) is 6.10 Å². The Morgan fingerprint density at radius 1 is 1.10 bits per heavy atom. The molecule has 2 aliphatic rings. The standard InChI is InChI=1S/C25H36N4OS/c1-20-6-3-4-7-23(20)18-28-11-9-21(10-12-28)16-29(19-24-8-5-13-30-24)17-22-14-26-25(31-2)27-15-22/h3-4,6-7,14-15,21,24H,5,8-13,16-19H2,1-2H3. The van der Waals surface area contributed by atoms with Gasteiger partial charge >= 0.3 is 0 Å². The minimum Gasteiger partial charge on any atom is -0.377 e. The molecule has 1 atom stereocenters. The summed E-state index contributed by atoms with van der Waals surface area (Å²) in [5.74, 6) is 0.751. The Morgan fingerprint density at radius 3 is 2.55 bits per heavy atom. The van der Waals surface area contributed by atoms with Gasteiger partial charge in [0, 0.05) is 50.7 Å². The van der Waals surface area contributed by atoms with Gasteiger partial charge in [-0.3, -0.25) is 9.80 Å². The van der Waals surface area contributed by atoms with Crippen LogP contribution in [0.25, 0.3) is 0 Å². The summed E-state index contributed by atoms with van der Waals surface area (Å²) < 4.78 is 5.96. The fraction of sp³-hybridized carbons (Fsp3) is 0.600. The lowest BCUT2D eigenvalue weighted by atomic mass is 9.95. The van der Waals surface area contributed by atoms with Gasteiger partial charge in [-0.1, -0.05) is 36.0 Å². The van der Waals surface area contributed by atoms with Crippen molar-refractivity contribution in [2.75, 3.05) is 39.0 Å². The van der Waals surface area contributed by atoms with Crippen LogP contribution in [0.5, 0.6) is 0 Å². The Morgan fingerprint density at radius 2 is 1.87 bits per heavy atom. The van der Waals surface area contributed by atoms with Gasteiger partial charge in [-0.25, -0.2) is 9.97 Å². The molecule has 0 saturated carbocycles. The van der Waals surface area contributed by atoms with E-state index in [0.717, 1.165) is 43.9 Å². The van der Waals surface area contributed by atoms with Crippen LogP contribution in [0.2, 0.25) is 0 Å². The van der Waals surface area contributed by atoms with Crippen molar-refractivity contribution < 1.29 is 4.74 Å². The topological polar surface area (TPSA) is 41.5 Å². The normalized spacial score (nSPS) is 20.5. The van der Waals surface area contributed by atoms with E-state index in [1.54, 1.807) is 11.8 Å². The number of piperidine rings is 1. The van der Waals surface area contributed by atoms with Crippen LogP contribution in [0.4, 0.5) is 0 Å². The Balaban J connectivity index is 1.31. The Bertz CT molecular complexity index is 801. The number of hydrogen-bond donors (Lipinski definition) is 0. The van der Waals surface area contributed by atoms with Crippen LogP contribution in [0.3, 0.4) is 0 Å². The van der Waals surface area contributed by atoms with Crippen molar-refractivity contribution in [3.8, 4) is 0 Å². The van der Waals surface area contributed by atoms with Crippen molar-refractivity contribution in [3.63, 3.8) is 0 Å². The third-order valence-corrected chi connectivity index (χ3v) is 7.21. The first-order valence-corrected chi connectivity index (χ1v) is 12.9. The Labute approximate surface area is 191 Å². The molecule has 0 bridgehead atoms. The average Bonchev–Trinajstić information content (AvgIpc) is 3.30. The number of thioether (sulfide) groups is 1. The predicted octanol–water partition coefficient (Wildman–Crippen LogP) is 4.40. The van der Waals surface area contributed by atoms with E-state index < -0.39 is 0 Å². The van der Waals surface area contributed by atoms with Crippen LogP contribution in [-0.4, -0.2) is 64.9 Å². The van der Waals surface area contributed by atoms with E-state index in [2.05, 4.69) is 51.0 Å². The van der Waals surface area contributed by atoms with Crippen molar-refractivity contribution in [2.24, 2.45) is 5.92 Å². The maximum atomic E-state index is 5.96. The average molecular weight is 441 g/mol. The first kappa shape index (κ1) is 22.7. The lowest BCUT2D eigenvalue weighted by Gasteiger charge is -2.35. The molecule has 2 aromatic rings. The largest absolute Gasteiger partial charge is 0.377 e. The Kier molecular flexibility index (Phi) is 8.36. The molecule has 2 fully saturated rings. The zero-order valence-corrected chi connectivity index (χ0v) is 19.8. The Hall–Kier alpha value is -1.47. The lowest BCUT2D eigenvalue weighted by molar-refractivity contribution is 0.0569. The van der Waals surface area contributed by atoms with Crippen molar-refractivity contribution in [3.05, 3.63) is 53.3 Å². The lowest BCUT2D eigenvalue weighted by Crippen LogP contribution is -2.40. The molecule has 168 valence electrons. The van der Waals surface area contributed by atoms with Crippen molar-refractivity contribution in [1.82, 2.24) is 19.8 Å². The second kappa shape index (κ2) is 11.4. The van der Waals surface area contributed by atoms with E-state index in [1.165, 1.54) is 55.5 Å². The zero-order chi connectivity index (χ0) is 21.5. The summed E-state index contributed by atoms with van der Waals surface area (Å²) in [4.78, 5) is 14.2. The molecule has 1 aromatic carbocycles. The van der Waals surface area contributed by atoms with E-state index in [1.807, 2.05) is 18.6 Å². The molecule has 3 heterocycles. The van der Waals surface area contributed by atoms with Gasteiger partial charge in [0.15, 0.2) is 5.16 Å². The summed E-state index contributed by atoms with van der Waals surface area (Å²) in [6.07, 6.45) is 11.3. The van der Waals surface area contributed by atoms with E-state index >= 15 is 0 Å². The molecule has 0 N–H and O–H groups in total. The number of nitrogens with zero attached hydrogens (tertiary/aromatic N) is 4. The second-order valence-electron chi connectivity index (χ2n) is 9.05. The highest BCUT2D eigenvalue weighted by Gasteiger charge is 2.25. The molecular formula is C25H36N4OS. The maximum Gasteiger partial charge on any atom is 0.187 e. The quantitative estimate of drug-likeness (QED) is 0.425. The zero-order valence-electron chi connectivity index (χ0n) is 19.0. The van der Waals surface area contributed by atoms with Gasteiger partial charge in [0.1, 0.15) is 0 Å². The summed E-state index contributed by atoms with van der Waals surface area (Å²) in [7, 11) is 0. The predicted molar refractivity (Wildman–Crippen MR) is 127 cm³/mol. The minimum absolute atomic E-state index is 0.382. The summed E-state index contributed by atoms with van der Waals surface area (Å²) >= 11 is 1.59. The monoisotopic (exact) mass is 440 g/mol. The van der Waals surface area contributed by atoms with Crippen molar-refractivity contribution in [2.45, 2.75) is 57.0 Å². The number of aryl methyl sites for hydroxylation is 1. The van der Waals surface area contributed by atoms with Crippen molar-refractivity contribution in [1.29, 1.82) is 0 Å². The second-order valence-corrected chi connectivity index (χ2v) is 9.83. The number of likely N-dealkylation sites (tertiary alicyclic amines) is 1. The van der Waals surface area contributed by atoms with E-state index in [0.29, 0.717) is 6.10 Å². The molecule has 0 spiro atoms. The third-order valence-electron chi connectivity index (χ3n) is 6.63. The molecule has 2 aliphatic heterocycles. The molecule has 5 nitrogen and oxygen atoms in total. The summed E-state index contributed by atoms with van der Waals surface area (Å²) in [5.41, 5.74) is 4.07.